The highest BCUT2D eigenvalue weighted by Gasteiger charge is 2.35. The first-order chi connectivity index (χ1) is 24.7. The van der Waals surface area contributed by atoms with E-state index in [0.29, 0.717) is 0 Å². The molecule has 0 unspecified atom stereocenters. The van der Waals surface area contributed by atoms with Crippen molar-refractivity contribution in [2.75, 3.05) is 0 Å². The molecule has 3 heteroatoms. The topological polar surface area (TPSA) is 9.23 Å². The fourth-order valence-electron chi connectivity index (χ4n) is 8.36. The minimum atomic E-state index is -1.68. The zero-order valence-corrected chi connectivity index (χ0v) is 36.5. The molecule has 51 heavy (non-hydrogen) atoms. The molecule has 1 nitrogen and oxygen atoms in total. The summed E-state index contributed by atoms with van der Waals surface area (Å²) in [7, 11) is -3.37. The molecule has 4 aromatic carbocycles. The molecule has 4 aromatic rings. The van der Waals surface area contributed by atoms with Crippen LogP contribution >= 0.6 is 0 Å². The fourth-order valence-corrected chi connectivity index (χ4v) is 15.2. The predicted molar refractivity (Wildman–Crippen MR) is 229 cm³/mol. The van der Waals surface area contributed by atoms with Gasteiger partial charge in [0.25, 0.3) is 18.1 Å². The molecule has 0 amide bonds. The Bertz CT molecular complexity index is 1510. The van der Waals surface area contributed by atoms with Gasteiger partial charge in [0.15, 0.2) is 0 Å². The fraction of sp³-hybridized carbons (Fsp3) is 0.500. The highest BCUT2D eigenvalue weighted by molar-refractivity contribution is 6.92. The van der Waals surface area contributed by atoms with Gasteiger partial charge in [-0.25, -0.2) is 0 Å². The molecule has 0 aromatic heterocycles. The van der Waals surface area contributed by atoms with Gasteiger partial charge in [0, 0.05) is 0 Å². The molecule has 2 radical (unpaired) electrons. The maximum absolute atomic E-state index is 8.36. The van der Waals surface area contributed by atoms with E-state index >= 15 is 0 Å². The van der Waals surface area contributed by atoms with Crippen LogP contribution in [0.1, 0.15) is 150 Å². The molecule has 0 N–H and O–H groups in total. The summed E-state index contributed by atoms with van der Waals surface area (Å²) in [5, 5.41) is 6.03. The van der Waals surface area contributed by atoms with Gasteiger partial charge in [-0.05, 0) is 165 Å². The number of aryl methyl sites for hydroxylation is 8. The molecular weight excluding hydrogens is 649 g/mol. The van der Waals surface area contributed by atoms with E-state index < -0.39 is 18.1 Å². The first-order valence-corrected chi connectivity index (χ1v) is 23.6. The van der Waals surface area contributed by atoms with E-state index in [-0.39, 0.29) is 0 Å². The Kier molecular flexibility index (Phi) is 15.6. The lowest BCUT2D eigenvalue weighted by molar-refractivity contribution is 0.630. The minimum Gasteiger partial charge on any atom is -0.442 e. The molecule has 0 saturated heterocycles. The van der Waals surface area contributed by atoms with Crippen molar-refractivity contribution in [3.63, 3.8) is 0 Å². The Morgan fingerprint density at radius 3 is 0.667 bits per heavy atom. The van der Waals surface area contributed by atoms with Gasteiger partial charge in [0.2, 0.25) is 0 Å². The molecule has 0 aliphatic carbocycles. The van der Waals surface area contributed by atoms with Gasteiger partial charge in [-0.15, -0.1) is 0 Å². The summed E-state index contributed by atoms with van der Waals surface area (Å²) in [6.45, 7) is 28.2. The van der Waals surface area contributed by atoms with Crippen LogP contribution in [0.2, 0.25) is 0 Å². The number of hydrogen-bond donors (Lipinski definition) is 0. The monoisotopic (exact) mass is 716 g/mol. The van der Waals surface area contributed by atoms with Crippen LogP contribution in [0.25, 0.3) is 0 Å². The molecular formula is C48H68OSi2. The van der Waals surface area contributed by atoms with E-state index in [1.54, 1.807) is 0 Å². The normalized spacial score (nSPS) is 11.7. The summed E-state index contributed by atoms with van der Waals surface area (Å²) in [6.07, 6.45) is 12.6. The lowest BCUT2D eigenvalue weighted by Gasteiger charge is -2.31. The van der Waals surface area contributed by atoms with E-state index in [1.807, 2.05) is 0 Å². The number of hydrogen-bond acceptors (Lipinski definition) is 1. The average molecular weight is 717 g/mol. The summed E-state index contributed by atoms with van der Waals surface area (Å²) in [5.74, 6) is 0. The van der Waals surface area contributed by atoms with E-state index in [9.17, 15) is 0 Å². The maximum Gasteiger partial charge on any atom is 0.273 e. The number of benzene rings is 4. The van der Waals surface area contributed by atoms with Crippen LogP contribution in [0.4, 0.5) is 0 Å². The van der Waals surface area contributed by atoms with Crippen molar-refractivity contribution in [3.05, 3.63) is 115 Å². The van der Waals surface area contributed by atoms with Crippen LogP contribution in [0.5, 0.6) is 0 Å². The Hall–Kier alpha value is -2.73. The molecule has 0 aliphatic rings. The highest BCUT2D eigenvalue weighted by atomic mass is 28.4. The Balaban J connectivity index is 2.24. The third-order valence-electron chi connectivity index (χ3n) is 11.4. The maximum atomic E-state index is 8.36. The number of rotatable bonds is 18. The minimum absolute atomic E-state index is 1.04. The SMILES string of the molecule is CCc1cc(CC)c(CC)c([Si](O[Si](c2cc(CC)cc(CC)c2CC)c2cc(CC)cc(CC)c2CC)c2cc(CC)cc(CC)c2CC)c1. The molecule has 0 bridgehead atoms. The van der Waals surface area contributed by atoms with E-state index in [1.165, 1.54) is 87.5 Å². The van der Waals surface area contributed by atoms with Crippen LogP contribution in [-0.2, 0) is 81.2 Å². The second kappa shape index (κ2) is 19.4. The summed E-state index contributed by atoms with van der Waals surface area (Å²) < 4.78 is 8.36. The highest BCUT2D eigenvalue weighted by Crippen LogP contribution is 2.22. The molecule has 0 aliphatic heterocycles. The van der Waals surface area contributed by atoms with Crippen LogP contribution in [-0.4, -0.2) is 18.1 Å². The largest absolute Gasteiger partial charge is 0.442 e. The second-order valence-corrected chi connectivity index (χ2v) is 18.4. The third-order valence-corrected chi connectivity index (χ3v) is 16.7. The van der Waals surface area contributed by atoms with E-state index in [4.69, 9.17) is 4.12 Å². The summed E-state index contributed by atoms with van der Waals surface area (Å²) >= 11 is 0. The first kappa shape index (κ1) is 41.0. The van der Waals surface area contributed by atoms with Gasteiger partial charge < -0.3 is 4.12 Å². The lowest BCUT2D eigenvalue weighted by atomic mass is 9.98. The van der Waals surface area contributed by atoms with Crippen LogP contribution in [0, 0.1) is 0 Å². The second-order valence-electron chi connectivity index (χ2n) is 14.1. The average Bonchev–Trinajstić information content (AvgIpc) is 3.18. The predicted octanol–water partition coefficient (Wildman–Crippen LogP) is 9.36. The Labute approximate surface area is 317 Å². The van der Waals surface area contributed by atoms with Crippen LogP contribution in [0.3, 0.4) is 0 Å². The van der Waals surface area contributed by atoms with Gasteiger partial charge in [0.05, 0.1) is 0 Å². The molecule has 0 saturated carbocycles. The smallest absolute Gasteiger partial charge is 0.273 e. The molecule has 0 fully saturated rings. The van der Waals surface area contributed by atoms with Crippen molar-refractivity contribution in [1.29, 1.82) is 0 Å². The van der Waals surface area contributed by atoms with Gasteiger partial charge in [-0.1, -0.05) is 132 Å². The van der Waals surface area contributed by atoms with E-state index in [2.05, 4.69) is 132 Å². The summed E-state index contributed by atoms with van der Waals surface area (Å²) in [5.41, 5.74) is 18.0. The lowest BCUT2D eigenvalue weighted by Crippen LogP contribution is -2.59. The molecule has 274 valence electrons. The summed E-state index contributed by atoms with van der Waals surface area (Å²) in [6, 6.07) is 20.3. The van der Waals surface area contributed by atoms with E-state index in [0.717, 1.165) is 77.0 Å². The zero-order chi connectivity index (χ0) is 37.2. The van der Waals surface area contributed by atoms with Crippen molar-refractivity contribution in [2.24, 2.45) is 0 Å². The molecule has 0 spiro atoms. The van der Waals surface area contributed by atoms with Crippen LogP contribution < -0.4 is 20.7 Å². The molecule has 0 heterocycles. The van der Waals surface area contributed by atoms with Gasteiger partial charge in [-0.3, -0.25) is 0 Å². The first-order valence-electron chi connectivity index (χ1n) is 20.8. The Morgan fingerprint density at radius 2 is 0.510 bits per heavy atom. The standard InChI is InChI=1S/C48H68OSi2/c1-13-33-25-37(17-5)41(21-9)45(29-33)50(46-30-34(14-2)26-38(18-6)42(46)22-10)49-51(47-31-35(15-3)27-39(19-7)43(47)23-11)48-32-36(16-4)28-40(20-8)44(48)24-12/h25-32H,13-24H2,1-12H3. The van der Waals surface area contributed by atoms with Crippen molar-refractivity contribution < 1.29 is 4.12 Å². The van der Waals surface area contributed by atoms with Crippen molar-refractivity contribution in [1.82, 2.24) is 0 Å². The van der Waals surface area contributed by atoms with Gasteiger partial charge in [0.1, 0.15) is 0 Å². The van der Waals surface area contributed by atoms with Crippen molar-refractivity contribution >= 4 is 38.8 Å². The van der Waals surface area contributed by atoms with Gasteiger partial charge >= 0.3 is 0 Å². The van der Waals surface area contributed by atoms with Crippen LogP contribution in [0.15, 0.2) is 48.5 Å². The zero-order valence-electron chi connectivity index (χ0n) is 34.5. The van der Waals surface area contributed by atoms with Crippen molar-refractivity contribution in [3.8, 4) is 0 Å². The molecule has 0 atom stereocenters. The quantitative estimate of drug-likeness (QED) is 0.0933. The van der Waals surface area contributed by atoms with Gasteiger partial charge in [-0.2, -0.15) is 0 Å². The summed E-state index contributed by atoms with van der Waals surface area (Å²) in [4.78, 5) is 0. The molecule has 4 rings (SSSR count). The third kappa shape index (κ3) is 8.74. The Morgan fingerprint density at radius 1 is 0.294 bits per heavy atom. The van der Waals surface area contributed by atoms with Crippen molar-refractivity contribution in [2.45, 2.75) is 160 Å².